The molecule has 0 bridgehead atoms. The van der Waals surface area contributed by atoms with Gasteiger partial charge >= 0.3 is 5.97 Å². The SMILES string of the molecule is O=C(OCCCc1cn[nH]c1)c1ccc(Cl)cc1F. The van der Waals surface area contributed by atoms with Crippen molar-refractivity contribution in [2.45, 2.75) is 12.8 Å². The molecule has 1 heterocycles. The number of aromatic nitrogens is 2. The molecule has 0 radical (unpaired) electrons. The van der Waals surface area contributed by atoms with Crippen LogP contribution in [0, 0.1) is 5.82 Å². The maximum atomic E-state index is 13.4. The van der Waals surface area contributed by atoms with Crippen LogP contribution in [-0.4, -0.2) is 22.8 Å². The van der Waals surface area contributed by atoms with Crippen LogP contribution in [0.15, 0.2) is 30.6 Å². The second-order valence-electron chi connectivity index (χ2n) is 3.97. The minimum Gasteiger partial charge on any atom is -0.462 e. The minimum absolute atomic E-state index is 0.104. The van der Waals surface area contributed by atoms with Crippen molar-refractivity contribution >= 4 is 17.6 Å². The molecule has 0 unspecified atom stereocenters. The molecular formula is C13H12ClFN2O2. The van der Waals surface area contributed by atoms with Crippen LogP contribution in [0.2, 0.25) is 5.02 Å². The van der Waals surface area contributed by atoms with E-state index in [0.29, 0.717) is 6.42 Å². The number of hydrogen-bond donors (Lipinski definition) is 1. The van der Waals surface area contributed by atoms with E-state index in [-0.39, 0.29) is 17.2 Å². The zero-order chi connectivity index (χ0) is 13.7. The van der Waals surface area contributed by atoms with Gasteiger partial charge in [0.25, 0.3) is 0 Å². The van der Waals surface area contributed by atoms with Gasteiger partial charge in [0, 0.05) is 11.2 Å². The van der Waals surface area contributed by atoms with Crippen molar-refractivity contribution in [2.75, 3.05) is 6.61 Å². The molecule has 19 heavy (non-hydrogen) atoms. The molecule has 0 atom stereocenters. The smallest absolute Gasteiger partial charge is 0.341 e. The van der Waals surface area contributed by atoms with Gasteiger partial charge in [0.2, 0.25) is 0 Å². The second-order valence-corrected chi connectivity index (χ2v) is 4.41. The van der Waals surface area contributed by atoms with Crippen molar-refractivity contribution < 1.29 is 13.9 Å². The normalized spacial score (nSPS) is 10.4. The summed E-state index contributed by atoms with van der Waals surface area (Å²) >= 11 is 5.60. The fourth-order valence-corrected chi connectivity index (χ4v) is 1.75. The Morgan fingerprint density at radius 2 is 2.32 bits per heavy atom. The van der Waals surface area contributed by atoms with Gasteiger partial charge in [0.05, 0.1) is 18.4 Å². The zero-order valence-electron chi connectivity index (χ0n) is 10.0. The van der Waals surface area contributed by atoms with Crippen LogP contribution >= 0.6 is 11.6 Å². The highest BCUT2D eigenvalue weighted by molar-refractivity contribution is 6.30. The molecule has 0 aliphatic carbocycles. The molecule has 0 saturated heterocycles. The lowest BCUT2D eigenvalue weighted by Crippen LogP contribution is -2.09. The van der Waals surface area contributed by atoms with E-state index in [1.165, 1.54) is 12.1 Å². The first-order chi connectivity index (χ1) is 9.16. The first kappa shape index (κ1) is 13.5. The van der Waals surface area contributed by atoms with E-state index in [9.17, 15) is 9.18 Å². The maximum absolute atomic E-state index is 13.4. The van der Waals surface area contributed by atoms with Gasteiger partial charge in [-0.05, 0) is 36.6 Å². The number of rotatable bonds is 5. The Bertz CT molecular complexity index is 558. The Hall–Kier alpha value is -1.88. The number of carbonyl (C=O) groups is 1. The fourth-order valence-electron chi connectivity index (χ4n) is 1.59. The second kappa shape index (κ2) is 6.33. The number of hydrogen-bond acceptors (Lipinski definition) is 3. The minimum atomic E-state index is -0.679. The van der Waals surface area contributed by atoms with Gasteiger partial charge in [-0.1, -0.05) is 11.6 Å². The summed E-state index contributed by atoms with van der Waals surface area (Å²) in [4.78, 5) is 11.6. The molecule has 0 amide bonds. The highest BCUT2D eigenvalue weighted by Gasteiger charge is 2.13. The molecule has 0 aliphatic heterocycles. The number of esters is 1. The number of aryl methyl sites for hydroxylation is 1. The molecule has 4 nitrogen and oxygen atoms in total. The highest BCUT2D eigenvalue weighted by Crippen LogP contribution is 2.15. The number of nitrogens with one attached hydrogen (secondary N) is 1. The van der Waals surface area contributed by atoms with Gasteiger partial charge < -0.3 is 4.74 Å². The van der Waals surface area contributed by atoms with Gasteiger partial charge in [-0.15, -0.1) is 0 Å². The summed E-state index contributed by atoms with van der Waals surface area (Å²) in [6, 6.07) is 3.85. The van der Waals surface area contributed by atoms with Crippen LogP contribution in [0.1, 0.15) is 22.3 Å². The predicted octanol–water partition coefficient (Wildman–Crippen LogP) is 2.99. The van der Waals surface area contributed by atoms with Crippen LogP contribution in [0.3, 0.4) is 0 Å². The van der Waals surface area contributed by atoms with Gasteiger partial charge in [0.1, 0.15) is 5.82 Å². The lowest BCUT2D eigenvalue weighted by atomic mass is 10.2. The van der Waals surface area contributed by atoms with E-state index < -0.39 is 11.8 Å². The predicted molar refractivity (Wildman–Crippen MR) is 68.6 cm³/mol. The molecule has 100 valence electrons. The first-order valence-corrected chi connectivity index (χ1v) is 6.14. The monoisotopic (exact) mass is 282 g/mol. The molecule has 1 aromatic heterocycles. The lowest BCUT2D eigenvalue weighted by Gasteiger charge is -2.05. The van der Waals surface area contributed by atoms with E-state index in [1.807, 2.05) is 0 Å². The Kier molecular flexibility index (Phi) is 4.52. The van der Waals surface area contributed by atoms with E-state index in [1.54, 1.807) is 12.4 Å². The Labute approximate surface area is 114 Å². The van der Waals surface area contributed by atoms with Crippen molar-refractivity contribution in [3.8, 4) is 0 Å². The molecule has 0 spiro atoms. The maximum Gasteiger partial charge on any atom is 0.341 e. The number of aromatic amines is 1. The molecule has 0 fully saturated rings. The van der Waals surface area contributed by atoms with E-state index in [4.69, 9.17) is 16.3 Å². The number of ether oxygens (including phenoxy) is 1. The number of nitrogens with zero attached hydrogens (tertiary/aromatic N) is 1. The van der Waals surface area contributed by atoms with Crippen LogP contribution in [0.4, 0.5) is 4.39 Å². The van der Waals surface area contributed by atoms with Gasteiger partial charge in [-0.25, -0.2) is 9.18 Å². The topological polar surface area (TPSA) is 55.0 Å². The standard InChI is InChI=1S/C13H12ClFN2O2/c14-10-3-4-11(12(15)6-10)13(18)19-5-1-2-9-7-16-17-8-9/h3-4,6-8H,1-2,5H2,(H,16,17). The van der Waals surface area contributed by atoms with E-state index >= 15 is 0 Å². The Balaban J connectivity index is 1.81. The number of benzene rings is 1. The van der Waals surface area contributed by atoms with Crippen molar-refractivity contribution in [3.05, 3.63) is 52.6 Å². The summed E-state index contributed by atoms with van der Waals surface area (Å²) in [6.45, 7) is 0.228. The summed E-state index contributed by atoms with van der Waals surface area (Å²) in [5.41, 5.74) is 0.932. The molecule has 1 aromatic carbocycles. The molecule has 2 rings (SSSR count). The van der Waals surface area contributed by atoms with E-state index in [2.05, 4.69) is 10.2 Å². The van der Waals surface area contributed by atoms with Crippen LogP contribution in [-0.2, 0) is 11.2 Å². The molecule has 1 N–H and O–H groups in total. The van der Waals surface area contributed by atoms with Crippen molar-refractivity contribution in [3.63, 3.8) is 0 Å². The average molecular weight is 283 g/mol. The van der Waals surface area contributed by atoms with Gasteiger partial charge in [-0.2, -0.15) is 5.10 Å². The van der Waals surface area contributed by atoms with Crippen molar-refractivity contribution in [1.82, 2.24) is 10.2 Å². The third-order valence-electron chi connectivity index (χ3n) is 2.55. The van der Waals surface area contributed by atoms with E-state index in [0.717, 1.165) is 18.1 Å². The summed E-state index contributed by atoms with van der Waals surface area (Å²) in [6.07, 6.45) is 4.88. The Morgan fingerprint density at radius 1 is 1.47 bits per heavy atom. The molecule has 0 saturated carbocycles. The fraction of sp³-hybridized carbons (Fsp3) is 0.231. The third-order valence-corrected chi connectivity index (χ3v) is 2.78. The van der Waals surface area contributed by atoms with Crippen LogP contribution in [0.5, 0.6) is 0 Å². The summed E-state index contributed by atoms with van der Waals surface area (Å²) in [5.74, 6) is -1.35. The van der Waals surface area contributed by atoms with Crippen molar-refractivity contribution in [2.24, 2.45) is 0 Å². The molecule has 0 aliphatic rings. The number of halogens is 2. The van der Waals surface area contributed by atoms with Crippen LogP contribution < -0.4 is 0 Å². The molecule has 2 aromatic rings. The highest BCUT2D eigenvalue weighted by atomic mass is 35.5. The van der Waals surface area contributed by atoms with Gasteiger partial charge in [-0.3, -0.25) is 5.10 Å². The van der Waals surface area contributed by atoms with Crippen LogP contribution in [0.25, 0.3) is 0 Å². The number of H-pyrrole nitrogens is 1. The number of carbonyl (C=O) groups excluding carboxylic acids is 1. The van der Waals surface area contributed by atoms with Crippen molar-refractivity contribution in [1.29, 1.82) is 0 Å². The summed E-state index contributed by atoms with van der Waals surface area (Å²) in [7, 11) is 0. The van der Waals surface area contributed by atoms with Gasteiger partial charge in [0.15, 0.2) is 0 Å². The lowest BCUT2D eigenvalue weighted by molar-refractivity contribution is 0.0495. The largest absolute Gasteiger partial charge is 0.462 e. The third kappa shape index (κ3) is 3.79. The summed E-state index contributed by atoms with van der Waals surface area (Å²) in [5, 5.41) is 6.75. The quantitative estimate of drug-likeness (QED) is 0.677. The zero-order valence-corrected chi connectivity index (χ0v) is 10.8. The average Bonchev–Trinajstić information content (AvgIpc) is 2.87. The molecular weight excluding hydrogens is 271 g/mol. The Morgan fingerprint density at radius 3 is 3.00 bits per heavy atom. The molecule has 6 heteroatoms. The first-order valence-electron chi connectivity index (χ1n) is 5.76. The summed E-state index contributed by atoms with van der Waals surface area (Å²) < 4.78 is 18.4.